The van der Waals surface area contributed by atoms with Crippen LogP contribution in [0.3, 0.4) is 0 Å². The number of aliphatic hydroxyl groups excluding tert-OH is 1. The molecule has 19 heteroatoms. The van der Waals surface area contributed by atoms with Gasteiger partial charge in [0.15, 0.2) is 12.2 Å². The molecule has 5 atom stereocenters. The van der Waals surface area contributed by atoms with Crippen LogP contribution in [-0.4, -0.2) is 96.7 Å². The molecule has 17 nitrogen and oxygen atoms in total. The minimum absolute atomic E-state index is 0.104. The van der Waals surface area contributed by atoms with Gasteiger partial charge in [-0.25, -0.2) is 9.13 Å². The zero-order valence-corrected chi connectivity index (χ0v) is 62.2. The van der Waals surface area contributed by atoms with Gasteiger partial charge >= 0.3 is 39.5 Å². The quantitative estimate of drug-likeness (QED) is 0.0222. The van der Waals surface area contributed by atoms with Crippen molar-refractivity contribution in [2.45, 2.75) is 406 Å². The van der Waals surface area contributed by atoms with E-state index < -0.39 is 97.5 Å². The normalized spacial score (nSPS) is 14.0. The van der Waals surface area contributed by atoms with Crippen LogP contribution in [0.2, 0.25) is 0 Å². The van der Waals surface area contributed by atoms with Crippen LogP contribution >= 0.6 is 15.6 Å². The minimum atomic E-state index is -4.95. The first-order valence-corrected chi connectivity index (χ1v) is 41.6. The molecule has 0 fully saturated rings. The number of aliphatic hydroxyl groups is 1. The lowest BCUT2D eigenvalue weighted by atomic mass is 10.0. The second kappa shape index (κ2) is 67.3. The van der Waals surface area contributed by atoms with Crippen LogP contribution in [0, 0.1) is 5.92 Å². The lowest BCUT2D eigenvalue weighted by Gasteiger charge is -2.21. The van der Waals surface area contributed by atoms with Gasteiger partial charge in [0.2, 0.25) is 0 Å². The molecule has 0 aliphatic heterocycles. The van der Waals surface area contributed by atoms with Crippen molar-refractivity contribution >= 4 is 39.5 Å². The molecule has 0 saturated carbocycles. The van der Waals surface area contributed by atoms with Crippen molar-refractivity contribution in [3.8, 4) is 0 Å². The van der Waals surface area contributed by atoms with Crippen molar-refractivity contribution in [1.82, 2.24) is 0 Å². The van der Waals surface area contributed by atoms with Crippen molar-refractivity contribution < 1.29 is 80.2 Å². The highest BCUT2D eigenvalue weighted by molar-refractivity contribution is 7.47. The molecule has 3 N–H and O–H groups in total. The molecule has 2 unspecified atom stereocenters. The number of unbranched alkanes of at least 4 members (excludes halogenated alkanes) is 46. The summed E-state index contributed by atoms with van der Waals surface area (Å²) in [6.07, 6.45) is 55.6. The molecule has 0 spiro atoms. The van der Waals surface area contributed by atoms with Gasteiger partial charge in [-0.2, -0.15) is 0 Å². The number of ether oxygens (including phenoxy) is 4. The van der Waals surface area contributed by atoms with Crippen LogP contribution in [0.4, 0.5) is 0 Å². The van der Waals surface area contributed by atoms with Gasteiger partial charge in [0.1, 0.15) is 19.3 Å². The standard InChI is InChI=1S/C74H144O17P2/c1-6-9-12-15-18-21-23-25-27-29-31-33-35-38-43-48-53-58-72(77)85-63-69(90-73(78)59-54-49-44-39-36-34-32-30-28-26-24-22-19-16-13-10-7-2)65-88-92(80,81)86-61-68(75)62-87-93(82,83)89-66-70(64-84-71(76)57-52-47-42-37-20-17-14-11-8-3)91-74(79)60-55-50-45-40-41-46-51-56-67(4)5/h67-70,75H,6-66H2,1-5H3,(H,80,81)(H,82,83)/t68-,69-,70-/m1/s1. The van der Waals surface area contributed by atoms with Crippen molar-refractivity contribution in [2.24, 2.45) is 5.92 Å². The first-order chi connectivity index (χ1) is 45.0. The van der Waals surface area contributed by atoms with E-state index in [0.717, 1.165) is 89.9 Å². The Morgan fingerprint density at radius 3 is 0.731 bits per heavy atom. The van der Waals surface area contributed by atoms with E-state index in [4.69, 9.17) is 37.0 Å². The van der Waals surface area contributed by atoms with Crippen LogP contribution in [0.25, 0.3) is 0 Å². The number of carbonyl (C=O) groups is 4. The Kier molecular flexibility index (Phi) is 65.9. The van der Waals surface area contributed by atoms with E-state index in [9.17, 15) is 43.2 Å². The number of carbonyl (C=O) groups excluding carboxylic acids is 4. The number of phosphoric acid groups is 2. The zero-order valence-electron chi connectivity index (χ0n) is 60.4. The second-order valence-corrected chi connectivity index (χ2v) is 30.1. The summed E-state index contributed by atoms with van der Waals surface area (Å²) in [6, 6.07) is 0. The molecule has 0 amide bonds. The summed E-state index contributed by atoms with van der Waals surface area (Å²) in [4.78, 5) is 72.6. The lowest BCUT2D eigenvalue weighted by molar-refractivity contribution is -0.161. The van der Waals surface area contributed by atoms with Crippen molar-refractivity contribution in [2.75, 3.05) is 39.6 Å². The highest BCUT2D eigenvalue weighted by atomic mass is 31.2. The fourth-order valence-corrected chi connectivity index (χ4v) is 12.9. The summed E-state index contributed by atoms with van der Waals surface area (Å²) in [5, 5.41) is 10.6. The Balaban J connectivity index is 5.21. The molecule has 0 aliphatic rings. The topological polar surface area (TPSA) is 237 Å². The number of hydrogen-bond donors (Lipinski definition) is 3. The van der Waals surface area contributed by atoms with Gasteiger partial charge in [-0.3, -0.25) is 37.3 Å². The number of hydrogen-bond acceptors (Lipinski definition) is 15. The monoisotopic (exact) mass is 1370 g/mol. The Labute approximate surface area is 568 Å². The van der Waals surface area contributed by atoms with Gasteiger partial charge in [0.05, 0.1) is 26.4 Å². The average molecular weight is 1370 g/mol. The molecule has 0 radical (unpaired) electrons. The molecule has 0 heterocycles. The second-order valence-electron chi connectivity index (χ2n) is 27.2. The van der Waals surface area contributed by atoms with E-state index in [1.54, 1.807) is 0 Å². The van der Waals surface area contributed by atoms with Crippen molar-refractivity contribution in [1.29, 1.82) is 0 Å². The molecule has 0 aromatic rings. The van der Waals surface area contributed by atoms with Crippen LogP contribution in [0.1, 0.15) is 388 Å². The Hall–Kier alpha value is -1.94. The van der Waals surface area contributed by atoms with Crippen LogP contribution in [0.15, 0.2) is 0 Å². The molecule has 0 bridgehead atoms. The van der Waals surface area contributed by atoms with Gasteiger partial charge in [0.25, 0.3) is 0 Å². The first-order valence-electron chi connectivity index (χ1n) is 38.6. The predicted molar refractivity (Wildman–Crippen MR) is 377 cm³/mol. The van der Waals surface area contributed by atoms with Crippen molar-refractivity contribution in [3.05, 3.63) is 0 Å². The Morgan fingerprint density at radius 1 is 0.290 bits per heavy atom. The van der Waals surface area contributed by atoms with E-state index in [0.29, 0.717) is 31.6 Å². The van der Waals surface area contributed by atoms with Crippen molar-refractivity contribution in [3.63, 3.8) is 0 Å². The maximum atomic E-state index is 13.1. The molecule has 0 aliphatic carbocycles. The molecule has 0 saturated heterocycles. The Bertz CT molecular complexity index is 1790. The molecule has 552 valence electrons. The molecular weight excluding hydrogens is 1220 g/mol. The highest BCUT2D eigenvalue weighted by Crippen LogP contribution is 2.45. The van der Waals surface area contributed by atoms with E-state index in [-0.39, 0.29) is 25.7 Å². The number of phosphoric ester groups is 2. The van der Waals surface area contributed by atoms with E-state index in [2.05, 4.69) is 34.6 Å². The molecular formula is C74H144O17P2. The summed E-state index contributed by atoms with van der Waals surface area (Å²) in [5.74, 6) is -1.42. The lowest BCUT2D eigenvalue weighted by Crippen LogP contribution is -2.30. The van der Waals surface area contributed by atoms with E-state index >= 15 is 0 Å². The maximum Gasteiger partial charge on any atom is 0.472 e. The summed E-state index contributed by atoms with van der Waals surface area (Å²) < 4.78 is 68.4. The third-order valence-corrected chi connectivity index (χ3v) is 19.2. The fraction of sp³-hybridized carbons (Fsp3) is 0.946. The molecule has 0 rings (SSSR count). The van der Waals surface area contributed by atoms with Crippen LogP contribution in [0.5, 0.6) is 0 Å². The minimum Gasteiger partial charge on any atom is -0.462 e. The smallest absolute Gasteiger partial charge is 0.462 e. The van der Waals surface area contributed by atoms with Gasteiger partial charge in [-0.05, 0) is 31.6 Å². The molecule has 0 aromatic heterocycles. The summed E-state index contributed by atoms with van der Waals surface area (Å²) in [5.41, 5.74) is 0. The van der Waals surface area contributed by atoms with Gasteiger partial charge in [-0.1, -0.05) is 336 Å². The largest absolute Gasteiger partial charge is 0.472 e. The zero-order chi connectivity index (χ0) is 68.4. The van der Waals surface area contributed by atoms with Gasteiger partial charge in [-0.15, -0.1) is 0 Å². The van der Waals surface area contributed by atoms with E-state index in [1.165, 1.54) is 212 Å². The summed E-state index contributed by atoms with van der Waals surface area (Å²) >= 11 is 0. The van der Waals surface area contributed by atoms with Gasteiger partial charge < -0.3 is 33.8 Å². The number of esters is 4. The van der Waals surface area contributed by atoms with Gasteiger partial charge in [0, 0.05) is 25.7 Å². The van der Waals surface area contributed by atoms with Crippen LogP contribution in [-0.2, 0) is 65.4 Å². The fourth-order valence-electron chi connectivity index (χ4n) is 11.4. The van der Waals surface area contributed by atoms with Crippen LogP contribution < -0.4 is 0 Å². The third kappa shape index (κ3) is 68.4. The third-order valence-electron chi connectivity index (χ3n) is 17.3. The average Bonchev–Trinajstić information content (AvgIpc) is 2.95. The maximum absolute atomic E-state index is 13.1. The van der Waals surface area contributed by atoms with E-state index in [1.807, 2.05) is 0 Å². The Morgan fingerprint density at radius 2 is 0.495 bits per heavy atom. The summed E-state index contributed by atoms with van der Waals surface area (Å²) in [7, 11) is -9.90. The molecule has 93 heavy (non-hydrogen) atoms. The number of rotatable bonds is 74. The predicted octanol–water partition coefficient (Wildman–Crippen LogP) is 21.7. The molecule has 0 aromatic carbocycles. The highest BCUT2D eigenvalue weighted by Gasteiger charge is 2.30. The summed E-state index contributed by atoms with van der Waals surface area (Å²) in [6.45, 7) is 7.20. The SMILES string of the molecule is CCCCCCCCCCCCCCCCCCCC(=O)OC[C@H](COP(=O)(O)OC[C@@H](O)COP(=O)(O)OC[C@@H](COC(=O)CCCCCCCCCCC)OC(=O)CCCCCCCCCC(C)C)OC(=O)CCCCCCCCCCCCCCCCCCC. The first kappa shape index (κ1) is 91.1.